The van der Waals surface area contributed by atoms with Crippen molar-refractivity contribution in [1.29, 1.82) is 0 Å². The first kappa shape index (κ1) is 24.3. The van der Waals surface area contributed by atoms with Crippen LogP contribution < -0.4 is 10.4 Å². The Morgan fingerprint density at radius 2 is 1.20 bits per heavy atom. The lowest BCUT2D eigenvalue weighted by Crippen LogP contribution is -2.63. The van der Waals surface area contributed by atoms with Gasteiger partial charge in [0.15, 0.2) is 0 Å². The first-order valence-electron chi connectivity index (χ1n) is 10.5. The normalized spacial score (nSPS) is 11.7. The summed E-state index contributed by atoms with van der Waals surface area (Å²) in [5, 5.41) is 11.3. The number of benzene rings is 2. The molecule has 0 saturated heterocycles. The van der Waals surface area contributed by atoms with E-state index in [4.69, 9.17) is 19.3 Å². The van der Waals surface area contributed by atoms with E-state index in [9.17, 15) is 0 Å². The summed E-state index contributed by atoms with van der Waals surface area (Å²) in [6.07, 6.45) is 0. The third kappa shape index (κ3) is 6.80. The third-order valence-corrected chi connectivity index (χ3v) is 10.2. The van der Waals surface area contributed by atoms with Crippen LogP contribution in [-0.4, -0.2) is 59.4 Å². The molecule has 1 N–H and O–H groups in total. The topological polar surface area (TPSA) is 47.9 Å². The van der Waals surface area contributed by atoms with Crippen LogP contribution in [0.1, 0.15) is 20.8 Å². The molecule has 0 bridgehead atoms. The van der Waals surface area contributed by atoms with Crippen LogP contribution in [0.15, 0.2) is 60.7 Å². The van der Waals surface area contributed by atoms with Crippen molar-refractivity contribution in [2.45, 2.75) is 25.8 Å². The molecule has 0 radical (unpaired) electrons. The number of aliphatic hydroxyl groups excluding tert-OH is 1. The van der Waals surface area contributed by atoms with Gasteiger partial charge in [-0.2, -0.15) is 0 Å². The standard InChI is InChI=1S/C25H34O4Si/c1-25(2,3)30(23-11-6-4-7-12-23,24-13-8-5-9-14-24)22-10-16-27-18-20-29-21-19-28-17-15-26/h4-9,11-14,26H,15-21H2,1-3H3. The maximum absolute atomic E-state index is 8.65. The Balaban J connectivity index is 2.06. The van der Waals surface area contributed by atoms with Gasteiger partial charge in [0.25, 0.3) is 0 Å². The van der Waals surface area contributed by atoms with Crippen molar-refractivity contribution in [3.63, 3.8) is 0 Å². The van der Waals surface area contributed by atoms with Crippen LogP contribution in [0.25, 0.3) is 0 Å². The molecule has 2 rings (SSSR count). The lowest BCUT2D eigenvalue weighted by molar-refractivity contribution is 0.0123. The minimum atomic E-state index is -2.35. The number of hydrogen-bond donors (Lipinski definition) is 1. The van der Waals surface area contributed by atoms with Crippen molar-refractivity contribution in [3.05, 3.63) is 60.7 Å². The van der Waals surface area contributed by atoms with E-state index >= 15 is 0 Å². The Kier molecular flexibility index (Phi) is 10.3. The predicted molar refractivity (Wildman–Crippen MR) is 125 cm³/mol. The van der Waals surface area contributed by atoms with Gasteiger partial charge in [0, 0.05) is 0 Å². The lowest BCUT2D eigenvalue weighted by Gasteiger charge is -2.39. The van der Waals surface area contributed by atoms with E-state index in [0.29, 0.717) is 39.6 Å². The van der Waals surface area contributed by atoms with Crippen LogP contribution in [0, 0.1) is 11.5 Å². The number of ether oxygens (including phenoxy) is 3. The van der Waals surface area contributed by atoms with Crippen LogP contribution in [0.4, 0.5) is 0 Å². The predicted octanol–water partition coefficient (Wildman–Crippen LogP) is 2.63. The van der Waals surface area contributed by atoms with E-state index in [0.717, 1.165) is 0 Å². The van der Waals surface area contributed by atoms with Crippen LogP contribution in [0.5, 0.6) is 0 Å². The summed E-state index contributed by atoms with van der Waals surface area (Å²) in [4.78, 5) is 0. The van der Waals surface area contributed by atoms with Crippen molar-refractivity contribution in [2.75, 3.05) is 46.2 Å². The van der Waals surface area contributed by atoms with Gasteiger partial charge in [-0.15, -0.1) is 5.54 Å². The van der Waals surface area contributed by atoms with Gasteiger partial charge >= 0.3 is 0 Å². The molecule has 0 amide bonds. The highest BCUT2D eigenvalue weighted by molar-refractivity contribution is 7.10. The van der Waals surface area contributed by atoms with Gasteiger partial charge in [0.1, 0.15) is 6.61 Å². The smallest absolute Gasteiger partial charge is 0.204 e. The third-order valence-electron chi connectivity index (χ3n) is 4.97. The fraction of sp³-hybridized carbons (Fsp3) is 0.440. The molecule has 162 valence electrons. The second-order valence-corrected chi connectivity index (χ2v) is 12.4. The molecule has 0 spiro atoms. The number of aliphatic hydroxyl groups is 1. The van der Waals surface area contributed by atoms with E-state index in [2.05, 4.69) is 92.9 Å². The number of rotatable bonds is 11. The average molecular weight is 427 g/mol. The van der Waals surface area contributed by atoms with E-state index in [1.807, 2.05) is 0 Å². The fourth-order valence-corrected chi connectivity index (χ4v) is 7.99. The quantitative estimate of drug-likeness (QED) is 0.341. The molecular formula is C25H34O4Si. The molecule has 0 aliphatic rings. The molecule has 0 heterocycles. The molecule has 2 aromatic carbocycles. The SMILES string of the molecule is CC(C)(C)[Si](C#CCOCCOCCOCCO)(c1ccccc1)c1ccccc1. The zero-order valence-electron chi connectivity index (χ0n) is 18.4. The highest BCUT2D eigenvalue weighted by Crippen LogP contribution is 2.35. The van der Waals surface area contributed by atoms with E-state index in [1.54, 1.807) is 0 Å². The summed E-state index contributed by atoms with van der Waals surface area (Å²) in [6.45, 7) is 9.62. The minimum absolute atomic E-state index is 0.0143. The Hall–Kier alpha value is -1.94. The first-order chi connectivity index (χ1) is 14.5. The van der Waals surface area contributed by atoms with E-state index in [-0.39, 0.29) is 11.6 Å². The molecule has 0 unspecified atom stereocenters. The average Bonchev–Trinajstić information content (AvgIpc) is 2.75. The van der Waals surface area contributed by atoms with Crippen molar-refractivity contribution >= 4 is 18.4 Å². The molecular weight excluding hydrogens is 392 g/mol. The largest absolute Gasteiger partial charge is 0.394 e. The van der Waals surface area contributed by atoms with Crippen molar-refractivity contribution < 1.29 is 19.3 Å². The molecule has 2 aromatic rings. The van der Waals surface area contributed by atoms with Gasteiger partial charge in [-0.1, -0.05) is 87.4 Å². The molecule has 0 aliphatic heterocycles. The highest BCUT2D eigenvalue weighted by Gasteiger charge is 2.46. The zero-order chi connectivity index (χ0) is 21.7. The van der Waals surface area contributed by atoms with Gasteiger partial charge in [-0.05, 0) is 15.4 Å². The summed E-state index contributed by atoms with van der Waals surface area (Å²) < 4.78 is 16.3. The van der Waals surface area contributed by atoms with Crippen molar-refractivity contribution in [2.24, 2.45) is 0 Å². The molecule has 0 saturated carbocycles. The lowest BCUT2D eigenvalue weighted by atomic mass is 10.2. The van der Waals surface area contributed by atoms with E-state index < -0.39 is 8.07 Å². The molecule has 0 atom stereocenters. The minimum Gasteiger partial charge on any atom is -0.394 e. The summed E-state index contributed by atoms with van der Waals surface area (Å²) >= 11 is 0. The molecule has 5 heteroatoms. The molecule has 30 heavy (non-hydrogen) atoms. The summed E-state index contributed by atoms with van der Waals surface area (Å²) in [5.74, 6) is 3.33. The second-order valence-electron chi connectivity index (χ2n) is 8.03. The Bertz CT molecular complexity index is 736. The maximum atomic E-state index is 8.65. The van der Waals surface area contributed by atoms with Crippen LogP contribution in [0.2, 0.25) is 5.04 Å². The van der Waals surface area contributed by atoms with Gasteiger partial charge in [-0.25, -0.2) is 0 Å². The monoisotopic (exact) mass is 426 g/mol. The highest BCUT2D eigenvalue weighted by atomic mass is 28.3. The molecule has 0 fully saturated rings. The summed E-state index contributed by atoms with van der Waals surface area (Å²) in [6, 6.07) is 21.4. The Morgan fingerprint density at radius 1 is 0.733 bits per heavy atom. The number of hydrogen-bond acceptors (Lipinski definition) is 4. The Labute approximate surface area is 182 Å². The van der Waals surface area contributed by atoms with E-state index in [1.165, 1.54) is 10.4 Å². The maximum Gasteiger partial charge on any atom is 0.204 e. The van der Waals surface area contributed by atoms with Gasteiger partial charge in [0.05, 0.1) is 39.6 Å². The van der Waals surface area contributed by atoms with Gasteiger partial charge in [-0.3, -0.25) is 0 Å². The molecule has 0 aromatic heterocycles. The van der Waals surface area contributed by atoms with Gasteiger partial charge in [0.2, 0.25) is 8.07 Å². The molecule has 4 nitrogen and oxygen atoms in total. The second kappa shape index (κ2) is 12.7. The van der Waals surface area contributed by atoms with Crippen LogP contribution >= 0.6 is 0 Å². The van der Waals surface area contributed by atoms with Gasteiger partial charge < -0.3 is 19.3 Å². The molecule has 0 aliphatic carbocycles. The van der Waals surface area contributed by atoms with Crippen molar-refractivity contribution in [3.8, 4) is 11.5 Å². The van der Waals surface area contributed by atoms with Crippen LogP contribution in [-0.2, 0) is 14.2 Å². The van der Waals surface area contributed by atoms with Crippen molar-refractivity contribution in [1.82, 2.24) is 0 Å². The first-order valence-corrected chi connectivity index (χ1v) is 12.5. The Morgan fingerprint density at radius 3 is 1.67 bits per heavy atom. The zero-order valence-corrected chi connectivity index (χ0v) is 19.4. The summed E-state index contributed by atoms with van der Waals surface area (Å²) in [7, 11) is -2.35. The summed E-state index contributed by atoms with van der Waals surface area (Å²) in [5.41, 5.74) is 3.71. The fourth-order valence-electron chi connectivity index (χ4n) is 3.54. The van der Waals surface area contributed by atoms with Crippen LogP contribution in [0.3, 0.4) is 0 Å².